The standard InChI is InChI=1S/C11H17N3O3S2/c1-8-6-14(4-3-13(8)2)19(16,17)10-5-9(7-18-10)11(12)15/h5,7-8H,3-4,6H2,1-2H3,(H2,12,15). The number of sulfonamides is 1. The van der Waals surface area contributed by atoms with Crippen molar-refractivity contribution in [1.82, 2.24) is 9.21 Å². The van der Waals surface area contributed by atoms with E-state index in [2.05, 4.69) is 4.90 Å². The zero-order valence-electron chi connectivity index (χ0n) is 10.9. The third-order valence-corrected chi connectivity index (χ3v) is 6.66. The average molecular weight is 303 g/mol. The lowest BCUT2D eigenvalue weighted by Gasteiger charge is -2.36. The Balaban J connectivity index is 2.24. The number of piperazine rings is 1. The van der Waals surface area contributed by atoms with E-state index in [0.29, 0.717) is 19.6 Å². The number of rotatable bonds is 3. The van der Waals surface area contributed by atoms with Crippen molar-refractivity contribution in [3.05, 3.63) is 17.0 Å². The first kappa shape index (κ1) is 14.4. The summed E-state index contributed by atoms with van der Waals surface area (Å²) >= 11 is 1.04. The van der Waals surface area contributed by atoms with Gasteiger partial charge in [0.1, 0.15) is 4.21 Å². The van der Waals surface area contributed by atoms with E-state index in [0.717, 1.165) is 11.3 Å². The van der Waals surface area contributed by atoms with Gasteiger partial charge in [-0.05, 0) is 20.0 Å². The average Bonchev–Trinajstić information content (AvgIpc) is 2.82. The molecule has 1 saturated heterocycles. The fourth-order valence-electron chi connectivity index (χ4n) is 1.94. The lowest BCUT2D eigenvalue weighted by atomic mass is 10.2. The normalized spacial score (nSPS) is 22.5. The second-order valence-corrected chi connectivity index (χ2v) is 7.79. The molecular weight excluding hydrogens is 286 g/mol. The molecule has 1 aromatic rings. The van der Waals surface area contributed by atoms with Crippen LogP contribution < -0.4 is 5.73 Å². The molecule has 2 heterocycles. The number of nitrogens with zero attached hydrogens (tertiary/aromatic N) is 2. The summed E-state index contributed by atoms with van der Waals surface area (Å²) in [6.07, 6.45) is 0. The molecule has 1 aromatic heterocycles. The summed E-state index contributed by atoms with van der Waals surface area (Å²) in [5, 5.41) is 1.48. The Labute approximate surface area is 116 Å². The zero-order valence-corrected chi connectivity index (χ0v) is 12.5. The summed E-state index contributed by atoms with van der Waals surface area (Å²) in [6, 6.07) is 1.53. The minimum absolute atomic E-state index is 0.179. The molecule has 8 heteroatoms. The SMILES string of the molecule is CC1CN(S(=O)(=O)c2cc(C(N)=O)cs2)CCN1C. The molecule has 0 aliphatic carbocycles. The molecule has 2 N–H and O–H groups in total. The van der Waals surface area contributed by atoms with E-state index in [1.807, 2.05) is 14.0 Å². The van der Waals surface area contributed by atoms with Gasteiger partial charge in [-0.3, -0.25) is 4.79 Å². The number of nitrogens with two attached hydrogens (primary N) is 1. The molecule has 6 nitrogen and oxygen atoms in total. The molecule has 1 atom stereocenters. The number of carbonyl (C=O) groups is 1. The monoisotopic (exact) mass is 303 g/mol. The van der Waals surface area contributed by atoms with Crippen LogP contribution in [0.5, 0.6) is 0 Å². The van der Waals surface area contributed by atoms with Crippen LogP contribution in [0.15, 0.2) is 15.7 Å². The maximum atomic E-state index is 12.4. The van der Waals surface area contributed by atoms with Crippen molar-refractivity contribution in [1.29, 1.82) is 0 Å². The smallest absolute Gasteiger partial charge is 0.252 e. The fraction of sp³-hybridized carbons (Fsp3) is 0.545. The first-order valence-corrected chi connectivity index (χ1v) is 8.23. The van der Waals surface area contributed by atoms with Crippen molar-refractivity contribution < 1.29 is 13.2 Å². The number of amides is 1. The van der Waals surface area contributed by atoms with E-state index in [1.165, 1.54) is 15.8 Å². The highest BCUT2D eigenvalue weighted by Gasteiger charge is 2.32. The molecule has 1 unspecified atom stereocenters. The number of primary amides is 1. The number of carbonyl (C=O) groups excluding carboxylic acids is 1. The van der Waals surface area contributed by atoms with Gasteiger partial charge in [-0.15, -0.1) is 11.3 Å². The fourth-order valence-corrected chi connectivity index (χ4v) is 4.78. The predicted molar refractivity (Wildman–Crippen MR) is 73.7 cm³/mol. The topological polar surface area (TPSA) is 83.7 Å². The third kappa shape index (κ3) is 2.81. The molecule has 1 amide bonds. The van der Waals surface area contributed by atoms with Crippen molar-refractivity contribution in [3.63, 3.8) is 0 Å². The molecule has 1 aliphatic rings. The van der Waals surface area contributed by atoms with Crippen LogP contribution in [0, 0.1) is 0 Å². The van der Waals surface area contributed by atoms with Gasteiger partial charge in [0.15, 0.2) is 0 Å². The van der Waals surface area contributed by atoms with Crippen molar-refractivity contribution >= 4 is 27.3 Å². The molecule has 0 spiro atoms. The first-order valence-electron chi connectivity index (χ1n) is 5.91. The maximum Gasteiger partial charge on any atom is 0.252 e. The Morgan fingerprint density at radius 1 is 1.47 bits per heavy atom. The summed E-state index contributed by atoms with van der Waals surface area (Å²) in [4.78, 5) is 13.1. The van der Waals surface area contributed by atoms with Crippen LogP contribution in [0.25, 0.3) is 0 Å². The van der Waals surface area contributed by atoms with Gasteiger partial charge in [-0.25, -0.2) is 8.42 Å². The summed E-state index contributed by atoms with van der Waals surface area (Å²) in [5.41, 5.74) is 5.38. The largest absolute Gasteiger partial charge is 0.366 e. The van der Waals surface area contributed by atoms with E-state index in [4.69, 9.17) is 5.73 Å². The number of thiophene rings is 1. The predicted octanol–water partition coefficient (Wildman–Crippen LogP) is 0.172. The van der Waals surface area contributed by atoms with Crippen molar-refractivity contribution in [2.24, 2.45) is 5.73 Å². The van der Waals surface area contributed by atoms with Crippen LogP contribution in [0.2, 0.25) is 0 Å². The molecule has 2 rings (SSSR count). The van der Waals surface area contributed by atoms with Gasteiger partial charge in [0.2, 0.25) is 5.91 Å². The molecule has 0 radical (unpaired) electrons. The summed E-state index contributed by atoms with van der Waals surface area (Å²) in [7, 11) is -1.54. The molecular formula is C11H17N3O3S2. The molecule has 0 saturated carbocycles. The van der Waals surface area contributed by atoms with Gasteiger partial charge >= 0.3 is 0 Å². The Bertz CT molecular complexity index is 582. The summed E-state index contributed by atoms with van der Waals surface area (Å²) < 4.78 is 26.5. The number of hydrogen-bond acceptors (Lipinski definition) is 5. The van der Waals surface area contributed by atoms with E-state index < -0.39 is 15.9 Å². The maximum absolute atomic E-state index is 12.4. The number of likely N-dealkylation sites (N-methyl/N-ethyl adjacent to an activating group) is 1. The van der Waals surface area contributed by atoms with Crippen molar-refractivity contribution in [3.8, 4) is 0 Å². The van der Waals surface area contributed by atoms with Crippen molar-refractivity contribution in [2.45, 2.75) is 17.2 Å². The second kappa shape index (κ2) is 5.20. The molecule has 1 aliphatic heterocycles. The first-order chi connectivity index (χ1) is 8.82. The summed E-state index contributed by atoms with van der Waals surface area (Å²) in [6.45, 7) is 3.62. The van der Waals surface area contributed by atoms with Gasteiger partial charge in [-0.1, -0.05) is 0 Å². The zero-order chi connectivity index (χ0) is 14.2. The second-order valence-electron chi connectivity index (χ2n) is 4.71. The van der Waals surface area contributed by atoms with Crippen LogP contribution in [-0.2, 0) is 10.0 Å². The molecule has 1 fully saturated rings. The molecule has 0 aromatic carbocycles. The third-order valence-electron chi connectivity index (χ3n) is 3.38. The molecule has 0 bridgehead atoms. The highest BCUT2D eigenvalue weighted by atomic mass is 32.2. The van der Waals surface area contributed by atoms with Crippen LogP contribution in [-0.4, -0.2) is 56.3 Å². The Kier molecular flexibility index (Phi) is 3.95. The van der Waals surface area contributed by atoms with Gasteiger partial charge in [-0.2, -0.15) is 4.31 Å². The van der Waals surface area contributed by atoms with Crippen LogP contribution >= 0.6 is 11.3 Å². The van der Waals surface area contributed by atoms with Gasteiger partial charge in [0.25, 0.3) is 10.0 Å². The van der Waals surface area contributed by atoms with Crippen LogP contribution in [0.4, 0.5) is 0 Å². The minimum atomic E-state index is -3.51. The highest BCUT2D eigenvalue weighted by molar-refractivity contribution is 7.91. The van der Waals surface area contributed by atoms with E-state index in [9.17, 15) is 13.2 Å². The Hall–Kier alpha value is -0.960. The summed E-state index contributed by atoms with van der Waals surface area (Å²) in [5.74, 6) is -0.607. The number of hydrogen-bond donors (Lipinski definition) is 1. The van der Waals surface area contributed by atoms with E-state index in [1.54, 1.807) is 0 Å². The van der Waals surface area contributed by atoms with E-state index >= 15 is 0 Å². The lowest BCUT2D eigenvalue weighted by molar-refractivity contribution is 0.100. The Morgan fingerprint density at radius 3 is 2.68 bits per heavy atom. The van der Waals surface area contributed by atoms with Crippen LogP contribution in [0.1, 0.15) is 17.3 Å². The lowest BCUT2D eigenvalue weighted by Crippen LogP contribution is -2.51. The van der Waals surface area contributed by atoms with Gasteiger partial charge < -0.3 is 10.6 Å². The quantitative estimate of drug-likeness (QED) is 0.863. The Morgan fingerprint density at radius 2 is 2.16 bits per heavy atom. The highest BCUT2D eigenvalue weighted by Crippen LogP contribution is 2.25. The van der Waals surface area contributed by atoms with Gasteiger partial charge in [0, 0.05) is 31.1 Å². The van der Waals surface area contributed by atoms with Gasteiger partial charge in [0.05, 0.1) is 5.56 Å². The molecule has 19 heavy (non-hydrogen) atoms. The van der Waals surface area contributed by atoms with Crippen molar-refractivity contribution in [2.75, 3.05) is 26.7 Å². The van der Waals surface area contributed by atoms with E-state index in [-0.39, 0.29) is 15.8 Å². The van der Waals surface area contributed by atoms with Crippen LogP contribution in [0.3, 0.4) is 0 Å². The minimum Gasteiger partial charge on any atom is -0.366 e. The molecule has 106 valence electrons.